The number of hydrogen-bond acceptors (Lipinski definition) is 3. The largest absolute Gasteiger partial charge is 0.387 e. The topological polar surface area (TPSA) is 33.1 Å². The van der Waals surface area contributed by atoms with Crippen molar-refractivity contribution in [3.05, 3.63) is 15.6 Å². The second-order valence-corrected chi connectivity index (χ2v) is 7.47. The number of aliphatic hydroxyl groups is 1. The summed E-state index contributed by atoms with van der Waals surface area (Å²) in [7, 11) is 0. The van der Waals surface area contributed by atoms with Crippen LogP contribution in [0.5, 0.6) is 0 Å². The fraction of sp³-hybridized carbons (Fsp3) is 0.786. The third-order valence-corrected chi connectivity index (χ3v) is 5.50. The molecule has 94 valence electrons. The molecule has 0 bridgehead atoms. The van der Waals surface area contributed by atoms with Crippen LogP contribution in [0.15, 0.2) is 0 Å². The van der Waals surface area contributed by atoms with Crippen molar-refractivity contribution < 1.29 is 5.11 Å². The summed E-state index contributed by atoms with van der Waals surface area (Å²) < 4.78 is 0. The van der Waals surface area contributed by atoms with E-state index in [1.165, 1.54) is 36.4 Å². The maximum atomic E-state index is 10.2. The molecule has 0 aliphatic heterocycles. The van der Waals surface area contributed by atoms with E-state index in [1.54, 1.807) is 11.3 Å². The maximum absolute atomic E-state index is 10.2. The molecule has 0 radical (unpaired) electrons. The Hall–Kier alpha value is -0.410. The van der Waals surface area contributed by atoms with Crippen molar-refractivity contribution in [3.8, 4) is 0 Å². The molecule has 1 N–H and O–H groups in total. The van der Waals surface area contributed by atoms with Crippen molar-refractivity contribution >= 4 is 11.3 Å². The van der Waals surface area contributed by atoms with E-state index in [0.29, 0.717) is 5.92 Å². The second kappa shape index (κ2) is 4.06. The first-order valence-corrected chi connectivity index (χ1v) is 7.54. The molecule has 1 aromatic rings. The van der Waals surface area contributed by atoms with Crippen LogP contribution in [0.4, 0.5) is 0 Å². The zero-order valence-electron chi connectivity index (χ0n) is 10.7. The average Bonchev–Trinajstić information content (AvgIpc) is 2.81. The normalized spacial score (nSPS) is 28.3. The molecule has 2 aliphatic carbocycles. The van der Waals surface area contributed by atoms with Gasteiger partial charge in [-0.15, -0.1) is 11.3 Å². The standard InChI is InChI=1S/C14H21NOS/c1-14(2)7-10-12(11(16)8-14)17-13(15-10)9-5-3-4-6-9/h9,11,16H,3-8H2,1-2H3. The molecule has 1 heterocycles. The van der Waals surface area contributed by atoms with E-state index in [9.17, 15) is 5.11 Å². The van der Waals surface area contributed by atoms with Gasteiger partial charge < -0.3 is 5.11 Å². The predicted octanol–water partition coefficient (Wildman–Crippen LogP) is 3.81. The first-order chi connectivity index (χ1) is 8.05. The molecule has 17 heavy (non-hydrogen) atoms. The molecule has 1 saturated carbocycles. The van der Waals surface area contributed by atoms with E-state index < -0.39 is 0 Å². The van der Waals surface area contributed by atoms with Gasteiger partial charge in [-0.1, -0.05) is 26.7 Å². The lowest BCUT2D eigenvalue weighted by Gasteiger charge is -2.31. The SMILES string of the molecule is CC1(C)Cc2nc(C3CCCC3)sc2C(O)C1. The number of thiazole rings is 1. The smallest absolute Gasteiger partial charge is 0.0963 e. The molecule has 0 spiro atoms. The quantitative estimate of drug-likeness (QED) is 0.823. The van der Waals surface area contributed by atoms with Gasteiger partial charge in [-0.3, -0.25) is 0 Å². The van der Waals surface area contributed by atoms with Crippen LogP contribution >= 0.6 is 11.3 Å². The molecule has 0 saturated heterocycles. The molecule has 1 atom stereocenters. The molecular formula is C14H21NOS. The third kappa shape index (κ3) is 2.15. The average molecular weight is 251 g/mol. The summed E-state index contributed by atoms with van der Waals surface area (Å²) in [6, 6.07) is 0. The highest BCUT2D eigenvalue weighted by Gasteiger charge is 2.35. The number of rotatable bonds is 1. The van der Waals surface area contributed by atoms with Crippen LogP contribution in [0.1, 0.15) is 73.6 Å². The highest BCUT2D eigenvalue weighted by Crippen LogP contribution is 2.45. The lowest BCUT2D eigenvalue weighted by Crippen LogP contribution is -2.24. The first-order valence-electron chi connectivity index (χ1n) is 6.73. The zero-order chi connectivity index (χ0) is 12.0. The Morgan fingerprint density at radius 1 is 1.29 bits per heavy atom. The lowest BCUT2D eigenvalue weighted by molar-refractivity contribution is 0.102. The van der Waals surface area contributed by atoms with E-state index in [-0.39, 0.29) is 11.5 Å². The fourth-order valence-electron chi connectivity index (χ4n) is 3.26. The van der Waals surface area contributed by atoms with Crippen molar-refractivity contribution in [2.45, 2.75) is 64.4 Å². The van der Waals surface area contributed by atoms with E-state index in [2.05, 4.69) is 13.8 Å². The van der Waals surface area contributed by atoms with Crippen molar-refractivity contribution in [3.63, 3.8) is 0 Å². The summed E-state index contributed by atoms with van der Waals surface area (Å²) in [5.74, 6) is 0.681. The maximum Gasteiger partial charge on any atom is 0.0963 e. The summed E-state index contributed by atoms with van der Waals surface area (Å²) >= 11 is 1.78. The molecule has 3 heteroatoms. The van der Waals surface area contributed by atoms with Crippen molar-refractivity contribution in [2.24, 2.45) is 5.41 Å². The fourth-order valence-corrected chi connectivity index (χ4v) is 4.50. The van der Waals surface area contributed by atoms with Gasteiger partial charge in [0.15, 0.2) is 0 Å². The number of fused-ring (bicyclic) bond motifs is 1. The molecular weight excluding hydrogens is 230 g/mol. The molecule has 1 aromatic heterocycles. The monoisotopic (exact) mass is 251 g/mol. The minimum absolute atomic E-state index is 0.202. The van der Waals surface area contributed by atoms with Crippen LogP contribution in [0.2, 0.25) is 0 Å². The van der Waals surface area contributed by atoms with Crippen LogP contribution in [0, 0.1) is 5.41 Å². The van der Waals surface area contributed by atoms with Gasteiger partial charge in [0.2, 0.25) is 0 Å². The number of aliphatic hydroxyl groups excluding tert-OH is 1. The van der Waals surface area contributed by atoms with E-state index in [0.717, 1.165) is 17.7 Å². The van der Waals surface area contributed by atoms with Gasteiger partial charge in [0.05, 0.1) is 21.7 Å². The van der Waals surface area contributed by atoms with E-state index >= 15 is 0 Å². The molecule has 3 rings (SSSR count). The summed E-state index contributed by atoms with van der Waals surface area (Å²) in [6.07, 6.45) is 6.93. The molecule has 1 fully saturated rings. The highest BCUT2D eigenvalue weighted by atomic mass is 32.1. The van der Waals surface area contributed by atoms with Gasteiger partial charge in [-0.25, -0.2) is 4.98 Å². The van der Waals surface area contributed by atoms with Crippen LogP contribution in [0.3, 0.4) is 0 Å². The van der Waals surface area contributed by atoms with Gasteiger partial charge in [-0.2, -0.15) is 0 Å². The van der Waals surface area contributed by atoms with Crippen LogP contribution in [-0.4, -0.2) is 10.1 Å². The lowest BCUT2D eigenvalue weighted by atomic mass is 9.77. The first kappa shape index (κ1) is 11.7. The Morgan fingerprint density at radius 2 is 2.00 bits per heavy atom. The van der Waals surface area contributed by atoms with Crippen LogP contribution in [0.25, 0.3) is 0 Å². The predicted molar refractivity (Wildman–Crippen MR) is 70.4 cm³/mol. The summed E-state index contributed by atoms with van der Waals surface area (Å²) in [5.41, 5.74) is 1.38. The van der Waals surface area contributed by atoms with Gasteiger partial charge in [0.25, 0.3) is 0 Å². The number of hydrogen-bond donors (Lipinski definition) is 1. The molecule has 1 unspecified atom stereocenters. The molecule has 0 aromatic carbocycles. The van der Waals surface area contributed by atoms with Crippen molar-refractivity contribution in [1.82, 2.24) is 4.98 Å². The second-order valence-electron chi connectivity index (χ2n) is 6.41. The minimum Gasteiger partial charge on any atom is -0.387 e. The van der Waals surface area contributed by atoms with Crippen molar-refractivity contribution in [2.75, 3.05) is 0 Å². The third-order valence-electron chi connectivity index (χ3n) is 4.14. The Bertz CT molecular complexity index is 418. The Balaban J connectivity index is 1.91. The molecule has 0 amide bonds. The van der Waals surface area contributed by atoms with E-state index in [4.69, 9.17) is 4.98 Å². The molecule has 2 nitrogen and oxygen atoms in total. The van der Waals surface area contributed by atoms with Gasteiger partial charge >= 0.3 is 0 Å². The van der Waals surface area contributed by atoms with Crippen molar-refractivity contribution in [1.29, 1.82) is 0 Å². The summed E-state index contributed by atoms with van der Waals surface area (Å²) in [4.78, 5) is 6.00. The van der Waals surface area contributed by atoms with Gasteiger partial charge in [-0.05, 0) is 31.1 Å². The Morgan fingerprint density at radius 3 is 2.71 bits per heavy atom. The van der Waals surface area contributed by atoms with E-state index in [1.807, 2.05) is 0 Å². The Kier molecular flexibility index (Phi) is 2.79. The minimum atomic E-state index is -0.276. The van der Waals surface area contributed by atoms with Crippen LogP contribution in [-0.2, 0) is 6.42 Å². The molecule has 2 aliphatic rings. The number of aromatic nitrogens is 1. The van der Waals surface area contributed by atoms with Gasteiger partial charge in [0, 0.05) is 5.92 Å². The summed E-state index contributed by atoms with van der Waals surface area (Å²) in [5, 5.41) is 11.5. The van der Waals surface area contributed by atoms with Crippen LogP contribution < -0.4 is 0 Å². The Labute approximate surface area is 107 Å². The summed E-state index contributed by atoms with van der Waals surface area (Å²) in [6.45, 7) is 4.46. The zero-order valence-corrected chi connectivity index (χ0v) is 11.5. The van der Waals surface area contributed by atoms with Gasteiger partial charge in [0.1, 0.15) is 0 Å². The number of nitrogens with zero attached hydrogens (tertiary/aromatic N) is 1. The highest BCUT2D eigenvalue weighted by molar-refractivity contribution is 7.11.